The summed E-state index contributed by atoms with van der Waals surface area (Å²) in [6, 6.07) is 7.87. The van der Waals surface area contributed by atoms with Crippen molar-refractivity contribution in [2.75, 3.05) is 30.5 Å². The predicted molar refractivity (Wildman–Crippen MR) is 73.0 cm³/mol. The third-order valence-electron chi connectivity index (χ3n) is 3.23. The second kappa shape index (κ2) is 5.65. The molecule has 1 fully saturated rings. The van der Waals surface area contributed by atoms with Gasteiger partial charge in [-0.1, -0.05) is 6.07 Å². The summed E-state index contributed by atoms with van der Waals surface area (Å²) in [5.74, 6) is 3.06. The van der Waals surface area contributed by atoms with Crippen LogP contribution in [0.1, 0.15) is 12.8 Å². The molecule has 0 atom stereocenters. The van der Waals surface area contributed by atoms with E-state index in [1.54, 1.807) is 7.11 Å². The standard InChI is InChI=1S/C13H19NO2S/c1-16-12-4-2-3-11(9-12)14-13(10-15)5-7-17-8-6-13/h2-4,9,14-15H,5-8,10H2,1H3. The Morgan fingerprint density at radius 1 is 1.41 bits per heavy atom. The Morgan fingerprint density at radius 2 is 2.18 bits per heavy atom. The molecule has 0 amide bonds. The monoisotopic (exact) mass is 253 g/mol. The lowest BCUT2D eigenvalue weighted by Gasteiger charge is -2.37. The van der Waals surface area contributed by atoms with E-state index in [0.29, 0.717) is 0 Å². The molecule has 1 aliphatic heterocycles. The van der Waals surface area contributed by atoms with Gasteiger partial charge in [0, 0.05) is 11.8 Å². The molecular formula is C13H19NO2S. The van der Waals surface area contributed by atoms with Crippen LogP contribution >= 0.6 is 11.8 Å². The molecular weight excluding hydrogens is 234 g/mol. The second-order valence-electron chi connectivity index (χ2n) is 4.41. The van der Waals surface area contributed by atoms with E-state index >= 15 is 0 Å². The molecule has 1 aromatic carbocycles. The molecule has 4 heteroatoms. The number of nitrogens with one attached hydrogen (secondary N) is 1. The lowest BCUT2D eigenvalue weighted by Crippen LogP contribution is -2.45. The minimum atomic E-state index is -0.155. The zero-order valence-corrected chi connectivity index (χ0v) is 10.9. The summed E-state index contributed by atoms with van der Waals surface area (Å²) >= 11 is 1.95. The summed E-state index contributed by atoms with van der Waals surface area (Å²) in [5.41, 5.74) is 0.864. The Labute approximate surface area is 107 Å². The molecule has 2 N–H and O–H groups in total. The van der Waals surface area contributed by atoms with Gasteiger partial charge >= 0.3 is 0 Å². The third-order valence-corrected chi connectivity index (χ3v) is 4.22. The average molecular weight is 253 g/mol. The lowest BCUT2D eigenvalue weighted by molar-refractivity contribution is 0.202. The molecule has 3 nitrogen and oxygen atoms in total. The second-order valence-corrected chi connectivity index (χ2v) is 5.63. The number of ether oxygens (including phenoxy) is 1. The molecule has 0 aliphatic carbocycles. The molecule has 0 spiro atoms. The first kappa shape index (κ1) is 12.6. The molecule has 1 saturated heterocycles. The van der Waals surface area contributed by atoms with Crippen molar-refractivity contribution in [3.05, 3.63) is 24.3 Å². The summed E-state index contributed by atoms with van der Waals surface area (Å²) in [6.45, 7) is 0.185. The van der Waals surface area contributed by atoms with E-state index in [-0.39, 0.29) is 12.1 Å². The summed E-state index contributed by atoms with van der Waals surface area (Å²) < 4.78 is 5.20. The van der Waals surface area contributed by atoms with Crippen LogP contribution in [0.3, 0.4) is 0 Å². The highest BCUT2D eigenvalue weighted by Crippen LogP contribution is 2.31. The van der Waals surface area contributed by atoms with Gasteiger partial charge in [0.05, 0.1) is 19.3 Å². The van der Waals surface area contributed by atoms with Crippen LogP contribution in [0.15, 0.2) is 24.3 Å². The zero-order chi connectivity index (χ0) is 12.1. The van der Waals surface area contributed by atoms with Gasteiger partial charge in [0.25, 0.3) is 0 Å². The number of anilines is 1. The Kier molecular flexibility index (Phi) is 4.18. The number of rotatable bonds is 4. The van der Waals surface area contributed by atoms with Gasteiger partial charge in [-0.05, 0) is 36.5 Å². The van der Waals surface area contributed by atoms with Crippen molar-refractivity contribution in [3.63, 3.8) is 0 Å². The van der Waals surface area contributed by atoms with Gasteiger partial charge in [-0.25, -0.2) is 0 Å². The van der Waals surface area contributed by atoms with Gasteiger partial charge in [-0.3, -0.25) is 0 Å². The van der Waals surface area contributed by atoms with Crippen molar-refractivity contribution in [3.8, 4) is 5.75 Å². The van der Waals surface area contributed by atoms with Gasteiger partial charge in [0.15, 0.2) is 0 Å². The van der Waals surface area contributed by atoms with Gasteiger partial charge < -0.3 is 15.2 Å². The average Bonchev–Trinajstić information content (AvgIpc) is 2.40. The van der Waals surface area contributed by atoms with Crippen molar-refractivity contribution in [2.45, 2.75) is 18.4 Å². The van der Waals surface area contributed by atoms with Crippen LogP contribution in [0.25, 0.3) is 0 Å². The highest BCUT2D eigenvalue weighted by atomic mass is 32.2. The molecule has 0 saturated carbocycles. The van der Waals surface area contributed by atoms with E-state index in [1.807, 2.05) is 36.0 Å². The Balaban J connectivity index is 2.11. The predicted octanol–water partition coefficient (Wildman–Crippen LogP) is 2.37. The molecule has 0 bridgehead atoms. The highest BCUT2D eigenvalue weighted by Gasteiger charge is 2.31. The van der Waals surface area contributed by atoms with E-state index in [1.165, 1.54) is 0 Å². The maximum absolute atomic E-state index is 9.63. The van der Waals surface area contributed by atoms with E-state index in [9.17, 15) is 5.11 Å². The fourth-order valence-electron chi connectivity index (χ4n) is 2.09. The summed E-state index contributed by atoms with van der Waals surface area (Å²) in [5, 5.41) is 13.1. The minimum Gasteiger partial charge on any atom is -0.497 e. The van der Waals surface area contributed by atoms with Crippen LogP contribution in [0, 0.1) is 0 Å². The molecule has 0 aromatic heterocycles. The van der Waals surface area contributed by atoms with Gasteiger partial charge in [-0.2, -0.15) is 11.8 Å². The first-order valence-corrected chi connectivity index (χ1v) is 7.04. The topological polar surface area (TPSA) is 41.5 Å². The molecule has 94 valence electrons. The number of aliphatic hydroxyl groups is 1. The van der Waals surface area contributed by atoms with Gasteiger partial charge in [0.1, 0.15) is 5.75 Å². The fraction of sp³-hybridized carbons (Fsp3) is 0.538. The van der Waals surface area contributed by atoms with Crippen LogP contribution in [-0.2, 0) is 0 Å². The Morgan fingerprint density at radius 3 is 2.82 bits per heavy atom. The van der Waals surface area contributed by atoms with Crippen molar-refractivity contribution < 1.29 is 9.84 Å². The van der Waals surface area contributed by atoms with Crippen molar-refractivity contribution in [2.24, 2.45) is 0 Å². The Bertz CT molecular complexity index is 364. The number of benzene rings is 1. The molecule has 1 heterocycles. The lowest BCUT2D eigenvalue weighted by atomic mass is 9.93. The Hall–Kier alpha value is -0.870. The maximum atomic E-state index is 9.63. The maximum Gasteiger partial charge on any atom is 0.120 e. The number of thioether (sulfide) groups is 1. The smallest absolute Gasteiger partial charge is 0.120 e. The molecule has 17 heavy (non-hydrogen) atoms. The third kappa shape index (κ3) is 3.07. The number of hydrogen-bond donors (Lipinski definition) is 2. The van der Waals surface area contributed by atoms with Gasteiger partial charge in [-0.15, -0.1) is 0 Å². The van der Waals surface area contributed by atoms with Crippen molar-refractivity contribution in [1.82, 2.24) is 0 Å². The normalized spacial score (nSPS) is 18.7. The quantitative estimate of drug-likeness (QED) is 0.864. The highest BCUT2D eigenvalue weighted by molar-refractivity contribution is 7.99. The summed E-state index contributed by atoms with van der Waals surface area (Å²) in [6.07, 6.45) is 2.01. The van der Waals surface area contributed by atoms with Crippen molar-refractivity contribution >= 4 is 17.4 Å². The van der Waals surface area contributed by atoms with Crippen molar-refractivity contribution in [1.29, 1.82) is 0 Å². The molecule has 1 aliphatic rings. The van der Waals surface area contributed by atoms with Crippen LogP contribution in [-0.4, -0.2) is 35.9 Å². The van der Waals surface area contributed by atoms with E-state index < -0.39 is 0 Å². The van der Waals surface area contributed by atoms with E-state index in [0.717, 1.165) is 35.8 Å². The van der Waals surface area contributed by atoms with E-state index in [4.69, 9.17) is 4.74 Å². The first-order valence-electron chi connectivity index (χ1n) is 5.89. The molecule has 2 rings (SSSR count). The molecule has 1 aromatic rings. The number of methoxy groups -OCH3 is 1. The van der Waals surface area contributed by atoms with Crippen LogP contribution in [0.4, 0.5) is 5.69 Å². The summed E-state index contributed by atoms with van der Waals surface area (Å²) in [4.78, 5) is 0. The SMILES string of the molecule is COc1cccc(NC2(CO)CCSCC2)c1. The first-order chi connectivity index (χ1) is 8.28. The number of hydrogen-bond acceptors (Lipinski definition) is 4. The fourth-order valence-corrected chi connectivity index (χ4v) is 3.37. The van der Waals surface area contributed by atoms with Gasteiger partial charge in [0.2, 0.25) is 0 Å². The number of aliphatic hydroxyl groups excluding tert-OH is 1. The zero-order valence-electron chi connectivity index (χ0n) is 10.1. The largest absolute Gasteiger partial charge is 0.497 e. The molecule has 0 radical (unpaired) electrons. The minimum absolute atomic E-state index is 0.155. The van der Waals surface area contributed by atoms with E-state index in [2.05, 4.69) is 5.32 Å². The summed E-state index contributed by atoms with van der Waals surface area (Å²) in [7, 11) is 1.66. The van der Waals surface area contributed by atoms with Crippen LogP contribution in [0.2, 0.25) is 0 Å². The van der Waals surface area contributed by atoms with Crippen LogP contribution < -0.4 is 10.1 Å². The van der Waals surface area contributed by atoms with Crippen LogP contribution in [0.5, 0.6) is 5.75 Å². The molecule has 0 unspecified atom stereocenters.